The van der Waals surface area contributed by atoms with Crippen molar-refractivity contribution in [3.05, 3.63) is 0 Å². The molecule has 0 aliphatic heterocycles. The van der Waals surface area contributed by atoms with Gasteiger partial charge in [-0.2, -0.15) is 16.8 Å². The summed E-state index contributed by atoms with van der Waals surface area (Å²) in [5.74, 6) is -1.40. The third-order valence-electron chi connectivity index (χ3n) is 1.48. The van der Waals surface area contributed by atoms with Crippen LogP contribution in [0, 0.1) is 0 Å². The van der Waals surface area contributed by atoms with E-state index in [-0.39, 0.29) is 13.2 Å². The molecule has 0 spiro atoms. The van der Waals surface area contributed by atoms with E-state index in [9.17, 15) is 16.8 Å². The van der Waals surface area contributed by atoms with Crippen molar-refractivity contribution >= 4 is 20.2 Å². The largest absolute Gasteiger partial charge is 0.335 e. The van der Waals surface area contributed by atoms with Crippen LogP contribution in [0.15, 0.2) is 0 Å². The molecule has 0 fully saturated rings. The molecular weight excluding hydrogens is 264 g/mol. The van der Waals surface area contributed by atoms with Crippen molar-refractivity contribution in [1.82, 2.24) is 0 Å². The molecule has 0 aliphatic rings. The SMILES string of the molecule is CCOC(CS(=O)(=O)O)(OCC)S(=O)(=O)O. The van der Waals surface area contributed by atoms with Crippen molar-refractivity contribution in [2.24, 2.45) is 0 Å². The molecule has 10 heteroatoms. The molecule has 8 nitrogen and oxygen atoms in total. The predicted molar refractivity (Wildman–Crippen MR) is 53.9 cm³/mol. The zero-order chi connectivity index (χ0) is 13.0. The van der Waals surface area contributed by atoms with E-state index in [2.05, 4.69) is 9.47 Å². The summed E-state index contributed by atoms with van der Waals surface area (Å²) in [4.78, 5) is 0. The molecule has 0 saturated heterocycles. The first-order chi connectivity index (χ1) is 7.08. The van der Waals surface area contributed by atoms with Crippen molar-refractivity contribution in [3.63, 3.8) is 0 Å². The summed E-state index contributed by atoms with van der Waals surface area (Å²) < 4.78 is 70.1. The van der Waals surface area contributed by atoms with Crippen LogP contribution in [0.2, 0.25) is 0 Å². The van der Waals surface area contributed by atoms with Crippen LogP contribution in [-0.2, 0) is 29.7 Å². The van der Waals surface area contributed by atoms with Gasteiger partial charge in [-0.05, 0) is 13.8 Å². The average Bonchev–Trinajstić information content (AvgIpc) is 1.99. The minimum atomic E-state index is -4.97. The first-order valence-corrected chi connectivity index (χ1v) is 7.33. The Hall–Kier alpha value is -0.260. The number of rotatable bonds is 7. The third-order valence-corrected chi connectivity index (χ3v) is 3.57. The molecule has 0 aromatic carbocycles. The lowest BCUT2D eigenvalue weighted by molar-refractivity contribution is -0.161. The molecule has 98 valence electrons. The molecule has 0 aromatic heterocycles. The quantitative estimate of drug-likeness (QED) is 0.470. The van der Waals surface area contributed by atoms with E-state index in [4.69, 9.17) is 9.11 Å². The molecule has 0 rings (SSSR count). The molecule has 2 N–H and O–H groups in total. The topological polar surface area (TPSA) is 127 Å². The number of hydrogen-bond donors (Lipinski definition) is 2. The van der Waals surface area contributed by atoms with Gasteiger partial charge < -0.3 is 9.47 Å². The molecule has 0 radical (unpaired) electrons. The van der Waals surface area contributed by atoms with E-state index in [0.29, 0.717) is 0 Å². The molecule has 0 aliphatic carbocycles. The van der Waals surface area contributed by atoms with E-state index in [1.807, 2.05) is 0 Å². The minimum Gasteiger partial charge on any atom is -0.335 e. The van der Waals surface area contributed by atoms with E-state index in [1.165, 1.54) is 13.8 Å². The van der Waals surface area contributed by atoms with Gasteiger partial charge >= 0.3 is 15.2 Å². The highest BCUT2D eigenvalue weighted by atomic mass is 32.2. The molecule has 0 saturated carbocycles. The lowest BCUT2D eigenvalue weighted by atomic mass is 10.7. The van der Waals surface area contributed by atoms with Gasteiger partial charge in [0.1, 0.15) is 5.75 Å². The Morgan fingerprint density at radius 1 is 1.00 bits per heavy atom. The van der Waals surface area contributed by atoms with Crippen molar-refractivity contribution < 1.29 is 35.4 Å². The maximum absolute atomic E-state index is 11.0. The van der Waals surface area contributed by atoms with Crippen LogP contribution in [-0.4, -0.2) is 50.0 Å². The van der Waals surface area contributed by atoms with E-state index >= 15 is 0 Å². The summed E-state index contributed by atoms with van der Waals surface area (Å²) in [6, 6.07) is 0. The highest BCUT2D eigenvalue weighted by molar-refractivity contribution is 7.90. The van der Waals surface area contributed by atoms with E-state index in [1.54, 1.807) is 0 Å². The van der Waals surface area contributed by atoms with Crippen molar-refractivity contribution in [1.29, 1.82) is 0 Å². The van der Waals surface area contributed by atoms with Crippen LogP contribution in [0.1, 0.15) is 13.8 Å². The fraction of sp³-hybridized carbons (Fsp3) is 1.00. The van der Waals surface area contributed by atoms with Crippen LogP contribution in [0.25, 0.3) is 0 Å². The van der Waals surface area contributed by atoms with Crippen molar-refractivity contribution in [2.75, 3.05) is 19.0 Å². The Kier molecular flexibility index (Phi) is 5.29. The van der Waals surface area contributed by atoms with Crippen LogP contribution in [0.4, 0.5) is 0 Å². The summed E-state index contributed by atoms with van der Waals surface area (Å²) >= 11 is 0. The molecule has 0 bridgehead atoms. The van der Waals surface area contributed by atoms with Gasteiger partial charge in [-0.1, -0.05) is 0 Å². The summed E-state index contributed by atoms with van der Waals surface area (Å²) in [7, 11) is -9.67. The number of ether oxygens (including phenoxy) is 2. The maximum Gasteiger partial charge on any atom is 0.323 e. The van der Waals surface area contributed by atoms with Gasteiger partial charge in [0.15, 0.2) is 0 Å². The second kappa shape index (κ2) is 5.38. The zero-order valence-corrected chi connectivity index (χ0v) is 10.4. The molecule has 0 unspecified atom stereocenters. The second-order valence-corrected chi connectivity index (χ2v) is 5.78. The molecule has 0 heterocycles. The van der Waals surface area contributed by atoms with Gasteiger partial charge in [0, 0.05) is 13.2 Å². The van der Waals surface area contributed by atoms with Crippen molar-refractivity contribution in [2.45, 2.75) is 19.0 Å². The van der Waals surface area contributed by atoms with E-state index in [0.717, 1.165) is 0 Å². The molecule has 0 amide bonds. The maximum atomic E-state index is 11.0. The Morgan fingerprint density at radius 2 is 1.38 bits per heavy atom. The third kappa shape index (κ3) is 4.31. The first-order valence-electron chi connectivity index (χ1n) is 4.28. The van der Waals surface area contributed by atoms with Gasteiger partial charge in [0.25, 0.3) is 10.1 Å². The summed E-state index contributed by atoms with van der Waals surface area (Å²) in [6.45, 7) is 2.30. The van der Waals surface area contributed by atoms with Gasteiger partial charge in [-0.15, -0.1) is 0 Å². The van der Waals surface area contributed by atoms with Gasteiger partial charge in [-0.25, -0.2) is 0 Å². The lowest BCUT2D eigenvalue weighted by Crippen LogP contribution is -2.49. The molecular formula is C6H14O8S2. The van der Waals surface area contributed by atoms with Crippen LogP contribution < -0.4 is 0 Å². The van der Waals surface area contributed by atoms with Gasteiger partial charge in [0.2, 0.25) is 0 Å². The fourth-order valence-electron chi connectivity index (χ4n) is 1.01. The van der Waals surface area contributed by atoms with Gasteiger partial charge in [0.05, 0.1) is 0 Å². The molecule has 0 aromatic rings. The fourth-order valence-corrected chi connectivity index (χ4v) is 3.20. The summed E-state index contributed by atoms with van der Waals surface area (Å²) in [5, 5.41) is -2.79. The van der Waals surface area contributed by atoms with Crippen LogP contribution >= 0.6 is 0 Å². The second-order valence-electron chi connectivity index (χ2n) is 2.75. The Morgan fingerprint density at radius 3 is 1.56 bits per heavy atom. The lowest BCUT2D eigenvalue weighted by Gasteiger charge is -2.28. The first kappa shape index (κ1) is 15.7. The summed E-state index contributed by atoms with van der Waals surface area (Å²) in [5.41, 5.74) is 0. The molecule has 0 atom stereocenters. The molecule has 16 heavy (non-hydrogen) atoms. The highest BCUT2D eigenvalue weighted by Crippen LogP contribution is 2.22. The minimum absolute atomic E-state index is 0.227. The normalized spacial score (nSPS) is 14.0. The highest BCUT2D eigenvalue weighted by Gasteiger charge is 2.49. The smallest absolute Gasteiger partial charge is 0.323 e. The Bertz CT molecular complexity index is 402. The summed E-state index contributed by atoms with van der Waals surface area (Å²) in [6.07, 6.45) is 0. The Balaban J connectivity index is 5.44. The monoisotopic (exact) mass is 278 g/mol. The predicted octanol–water partition coefficient (Wildman–Crippen LogP) is -0.511. The van der Waals surface area contributed by atoms with Gasteiger partial charge in [-0.3, -0.25) is 9.11 Å². The van der Waals surface area contributed by atoms with E-state index < -0.39 is 31.1 Å². The van der Waals surface area contributed by atoms with Crippen LogP contribution in [0.3, 0.4) is 0 Å². The van der Waals surface area contributed by atoms with Crippen LogP contribution in [0.5, 0.6) is 0 Å². The average molecular weight is 278 g/mol. The Labute approximate surface area is 94.0 Å². The zero-order valence-electron chi connectivity index (χ0n) is 8.78. The van der Waals surface area contributed by atoms with Crippen molar-refractivity contribution in [3.8, 4) is 0 Å². The standard InChI is InChI=1S/C6H14O8S2/c1-3-13-6(14-4-2,16(10,11)12)5-15(7,8)9/h3-5H2,1-2H3,(H,7,8,9)(H,10,11,12). The number of hydrogen-bond acceptors (Lipinski definition) is 6.